The number of rotatable bonds is 6. The van der Waals surface area contributed by atoms with Crippen molar-refractivity contribution in [1.29, 1.82) is 0 Å². The van der Waals surface area contributed by atoms with Crippen LogP contribution >= 0.6 is 0 Å². The Kier molecular flexibility index (Phi) is 5.11. The van der Waals surface area contributed by atoms with Crippen LogP contribution in [-0.4, -0.2) is 62.9 Å². The van der Waals surface area contributed by atoms with Gasteiger partial charge in [0, 0.05) is 41.6 Å². The van der Waals surface area contributed by atoms with Gasteiger partial charge in [0.1, 0.15) is 5.69 Å². The van der Waals surface area contributed by atoms with Crippen LogP contribution in [0.4, 0.5) is 0 Å². The predicted octanol–water partition coefficient (Wildman–Crippen LogP) is 2.02. The summed E-state index contributed by atoms with van der Waals surface area (Å²) in [5.41, 5.74) is 3.47. The average molecular weight is 444 g/mol. The lowest BCUT2D eigenvalue weighted by molar-refractivity contribution is -0.122. The van der Waals surface area contributed by atoms with Crippen LogP contribution in [0.3, 0.4) is 0 Å². The minimum atomic E-state index is -0.637. The standard InChI is InChI=1S/C25H25N5O3/c1-28(2)12-15(31)13-30-20-11-7-5-9-17(20)23(27-30)22-21(24(32)26-25(22)33)18-14-29(3)19-10-6-4-8-16(18)19/h4-11,14-15,31H,12-13H2,1-3H3,(H,26,32,33). The normalized spacial score (nSPS) is 15.3. The highest BCUT2D eigenvalue weighted by Crippen LogP contribution is 2.37. The number of para-hydroxylation sites is 2. The van der Waals surface area contributed by atoms with E-state index in [1.54, 1.807) is 4.68 Å². The first kappa shape index (κ1) is 21.1. The molecule has 3 heterocycles. The second-order valence-corrected chi connectivity index (χ2v) is 8.67. The fourth-order valence-corrected chi connectivity index (χ4v) is 4.61. The van der Waals surface area contributed by atoms with E-state index < -0.39 is 17.9 Å². The molecule has 0 spiro atoms. The number of fused-ring (bicyclic) bond motifs is 2. The summed E-state index contributed by atoms with van der Waals surface area (Å²) in [6, 6.07) is 15.3. The maximum atomic E-state index is 13.0. The van der Waals surface area contributed by atoms with Crippen LogP contribution in [-0.2, 0) is 23.2 Å². The lowest BCUT2D eigenvalue weighted by Gasteiger charge is -2.16. The molecule has 2 N–H and O–H groups in total. The highest BCUT2D eigenvalue weighted by Gasteiger charge is 2.36. The number of nitrogens with zero attached hydrogens (tertiary/aromatic N) is 4. The van der Waals surface area contributed by atoms with Gasteiger partial charge in [-0.3, -0.25) is 19.6 Å². The van der Waals surface area contributed by atoms with Crippen molar-refractivity contribution in [2.45, 2.75) is 12.6 Å². The average Bonchev–Trinajstić information content (AvgIpc) is 3.39. The van der Waals surface area contributed by atoms with Crippen molar-refractivity contribution in [1.82, 2.24) is 24.6 Å². The molecular weight excluding hydrogens is 418 g/mol. The molecule has 1 unspecified atom stereocenters. The quantitative estimate of drug-likeness (QED) is 0.445. The predicted molar refractivity (Wildman–Crippen MR) is 127 cm³/mol. The van der Waals surface area contributed by atoms with Crippen LogP contribution in [0.25, 0.3) is 33.0 Å². The minimum absolute atomic E-state index is 0.258. The molecule has 2 aromatic carbocycles. The van der Waals surface area contributed by atoms with E-state index in [2.05, 4.69) is 5.32 Å². The molecule has 0 bridgehead atoms. The van der Waals surface area contributed by atoms with Gasteiger partial charge in [-0.1, -0.05) is 36.4 Å². The molecule has 8 heteroatoms. The molecule has 1 atom stereocenters. The zero-order chi connectivity index (χ0) is 23.3. The number of aliphatic hydroxyl groups is 1. The monoisotopic (exact) mass is 443 g/mol. The van der Waals surface area contributed by atoms with Crippen LogP contribution in [0.1, 0.15) is 11.3 Å². The number of benzene rings is 2. The van der Waals surface area contributed by atoms with Gasteiger partial charge in [-0.2, -0.15) is 5.10 Å². The molecule has 8 nitrogen and oxygen atoms in total. The first-order chi connectivity index (χ1) is 15.8. The Labute approximate surface area is 190 Å². The molecule has 168 valence electrons. The van der Waals surface area contributed by atoms with Gasteiger partial charge in [0.2, 0.25) is 0 Å². The van der Waals surface area contributed by atoms with Crippen molar-refractivity contribution < 1.29 is 14.7 Å². The van der Waals surface area contributed by atoms with Gasteiger partial charge in [0.15, 0.2) is 0 Å². The summed E-state index contributed by atoms with van der Waals surface area (Å²) in [5, 5.41) is 19.3. The Morgan fingerprint density at radius 1 is 0.970 bits per heavy atom. The Morgan fingerprint density at radius 3 is 2.33 bits per heavy atom. The number of imide groups is 1. The maximum Gasteiger partial charge on any atom is 0.261 e. The SMILES string of the molecule is CN(C)CC(O)Cn1nc(C2=C(c3cn(C)c4ccccc34)C(=O)NC2=O)c2ccccc21. The van der Waals surface area contributed by atoms with E-state index in [9.17, 15) is 14.7 Å². The molecule has 4 aromatic rings. The van der Waals surface area contributed by atoms with Crippen molar-refractivity contribution in [2.24, 2.45) is 7.05 Å². The number of aryl methyl sites for hydroxylation is 1. The molecule has 1 aliphatic rings. The number of amides is 2. The van der Waals surface area contributed by atoms with Gasteiger partial charge in [-0.25, -0.2) is 0 Å². The molecule has 2 amide bonds. The lowest BCUT2D eigenvalue weighted by Crippen LogP contribution is -2.29. The van der Waals surface area contributed by atoms with Crippen LogP contribution in [0, 0.1) is 0 Å². The van der Waals surface area contributed by atoms with Gasteiger partial charge in [0.05, 0.1) is 29.3 Å². The Hall–Kier alpha value is -3.75. The minimum Gasteiger partial charge on any atom is -0.390 e. The second kappa shape index (κ2) is 7.99. The molecule has 0 saturated carbocycles. The van der Waals surface area contributed by atoms with Gasteiger partial charge in [0.25, 0.3) is 11.8 Å². The molecule has 2 aromatic heterocycles. The highest BCUT2D eigenvalue weighted by molar-refractivity contribution is 6.50. The summed E-state index contributed by atoms with van der Waals surface area (Å²) in [6.45, 7) is 0.748. The van der Waals surface area contributed by atoms with Crippen LogP contribution in [0.2, 0.25) is 0 Å². The number of carbonyl (C=O) groups excluding carboxylic acids is 2. The van der Waals surface area contributed by atoms with Gasteiger partial charge >= 0.3 is 0 Å². The van der Waals surface area contributed by atoms with E-state index in [-0.39, 0.29) is 12.1 Å². The number of nitrogens with one attached hydrogen (secondary N) is 1. The summed E-state index contributed by atoms with van der Waals surface area (Å²) in [6.07, 6.45) is 1.24. The van der Waals surface area contributed by atoms with Crippen LogP contribution in [0.15, 0.2) is 54.7 Å². The third-order valence-electron chi connectivity index (χ3n) is 5.95. The first-order valence-corrected chi connectivity index (χ1v) is 10.8. The summed E-state index contributed by atoms with van der Waals surface area (Å²) < 4.78 is 3.66. The van der Waals surface area contributed by atoms with E-state index in [0.717, 1.165) is 21.8 Å². The zero-order valence-corrected chi connectivity index (χ0v) is 18.7. The molecule has 0 aliphatic carbocycles. The number of aromatic nitrogens is 3. The summed E-state index contributed by atoms with van der Waals surface area (Å²) >= 11 is 0. The first-order valence-electron chi connectivity index (χ1n) is 10.8. The van der Waals surface area contributed by atoms with E-state index >= 15 is 0 Å². The summed E-state index contributed by atoms with van der Waals surface area (Å²) in [7, 11) is 5.70. The third kappa shape index (κ3) is 3.53. The van der Waals surface area contributed by atoms with E-state index in [1.165, 1.54) is 0 Å². The molecule has 5 rings (SSSR count). The van der Waals surface area contributed by atoms with Crippen molar-refractivity contribution in [3.63, 3.8) is 0 Å². The van der Waals surface area contributed by atoms with Crippen molar-refractivity contribution in [2.75, 3.05) is 20.6 Å². The van der Waals surface area contributed by atoms with Crippen molar-refractivity contribution in [3.8, 4) is 0 Å². The van der Waals surface area contributed by atoms with E-state index in [0.29, 0.717) is 23.4 Å². The van der Waals surface area contributed by atoms with Crippen molar-refractivity contribution in [3.05, 3.63) is 66.0 Å². The van der Waals surface area contributed by atoms with E-state index in [1.807, 2.05) is 85.3 Å². The van der Waals surface area contributed by atoms with Gasteiger partial charge in [-0.05, 0) is 26.2 Å². The Morgan fingerprint density at radius 2 is 1.61 bits per heavy atom. The van der Waals surface area contributed by atoms with Gasteiger partial charge in [-0.15, -0.1) is 0 Å². The molecule has 33 heavy (non-hydrogen) atoms. The number of carbonyl (C=O) groups is 2. The molecule has 0 fully saturated rings. The zero-order valence-electron chi connectivity index (χ0n) is 18.7. The number of hydrogen-bond donors (Lipinski definition) is 2. The largest absolute Gasteiger partial charge is 0.390 e. The molecule has 0 radical (unpaired) electrons. The van der Waals surface area contributed by atoms with E-state index in [4.69, 9.17) is 5.10 Å². The fraction of sp³-hybridized carbons (Fsp3) is 0.240. The third-order valence-corrected chi connectivity index (χ3v) is 5.95. The summed E-state index contributed by atoms with van der Waals surface area (Å²) in [5.74, 6) is -0.898. The highest BCUT2D eigenvalue weighted by atomic mass is 16.3. The number of aliphatic hydroxyl groups excluding tert-OH is 1. The molecule has 0 saturated heterocycles. The smallest absolute Gasteiger partial charge is 0.261 e. The number of likely N-dealkylation sites (N-methyl/N-ethyl adjacent to an activating group) is 1. The summed E-state index contributed by atoms with van der Waals surface area (Å²) in [4.78, 5) is 27.9. The molecule has 1 aliphatic heterocycles. The Bertz CT molecular complexity index is 1440. The fourth-order valence-electron chi connectivity index (χ4n) is 4.61. The van der Waals surface area contributed by atoms with Gasteiger partial charge < -0.3 is 14.6 Å². The Balaban J connectivity index is 1.73. The number of hydrogen-bond acceptors (Lipinski definition) is 5. The maximum absolute atomic E-state index is 13.0. The lowest BCUT2D eigenvalue weighted by atomic mass is 9.97. The topological polar surface area (TPSA) is 92.4 Å². The molecular formula is C25H25N5O3. The van der Waals surface area contributed by atoms with Crippen LogP contribution < -0.4 is 5.32 Å². The second-order valence-electron chi connectivity index (χ2n) is 8.67. The van der Waals surface area contributed by atoms with Crippen LogP contribution in [0.5, 0.6) is 0 Å². The van der Waals surface area contributed by atoms with Crippen molar-refractivity contribution >= 4 is 44.8 Å².